The van der Waals surface area contributed by atoms with Crippen molar-refractivity contribution in [3.05, 3.63) is 36.5 Å². The minimum Gasteiger partial charge on any atom is -0.466 e. The number of hydrogen-bond acceptors (Lipinski definition) is 5. The fourth-order valence-electron chi connectivity index (χ4n) is 3.31. The number of guanidine groups is 1. The quantitative estimate of drug-likeness (QED) is 0.524. The third-order valence-electron chi connectivity index (χ3n) is 4.76. The fraction of sp³-hybridized carbons (Fsp3) is 0.579. The number of anilines is 1. The number of nitrogens with one attached hydrogen (secondary N) is 2. The van der Waals surface area contributed by atoms with E-state index in [-0.39, 0.29) is 12.6 Å². The summed E-state index contributed by atoms with van der Waals surface area (Å²) < 4.78 is 7.16. The average Bonchev–Trinajstić information content (AvgIpc) is 3.32. The summed E-state index contributed by atoms with van der Waals surface area (Å²) in [5.74, 6) is 1.23. The molecule has 0 aromatic carbocycles. The van der Waals surface area contributed by atoms with E-state index in [1.807, 2.05) is 31.0 Å². The lowest BCUT2D eigenvalue weighted by atomic mass is 10.0. The Morgan fingerprint density at radius 3 is 3.04 bits per heavy atom. The molecule has 3 rings (SSSR count). The van der Waals surface area contributed by atoms with Gasteiger partial charge >= 0.3 is 0 Å². The highest BCUT2D eigenvalue weighted by molar-refractivity contribution is 5.80. The Kier molecular flexibility index (Phi) is 6.05. The molecule has 1 aliphatic rings. The van der Waals surface area contributed by atoms with Crippen molar-refractivity contribution in [2.75, 3.05) is 31.1 Å². The SMILES string of the molecule is CCNC(=NCC(C)(O)c1ccco1)NC1CCCN(c2cnn(C)c2)C1. The van der Waals surface area contributed by atoms with Crippen molar-refractivity contribution in [3.8, 4) is 0 Å². The summed E-state index contributed by atoms with van der Waals surface area (Å²) in [5.41, 5.74) is 0.00635. The Bertz CT molecular complexity index is 737. The largest absolute Gasteiger partial charge is 0.466 e. The topological polar surface area (TPSA) is 90.8 Å². The van der Waals surface area contributed by atoms with Crippen LogP contribution in [0.25, 0.3) is 0 Å². The summed E-state index contributed by atoms with van der Waals surface area (Å²) in [4.78, 5) is 6.93. The van der Waals surface area contributed by atoms with E-state index in [9.17, 15) is 5.11 Å². The molecule has 3 heterocycles. The highest BCUT2D eigenvalue weighted by atomic mass is 16.4. The van der Waals surface area contributed by atoms with Crippen LogP contribution in [-0.4, -0.2) is 53.1 Å². The number of furan rings is 1. The van der Waals surface area contributed by atoms with Crippen LogP contribution in [0.5, 0.6) is 0 Å². The Hall–Kier alpha value is -2.48. The second-order valence-corrected chi connectivity index (χ2v) is 7.25. The Balaban J connectivity index is 1.63. The molecule has 0 aliphatic carbocycles. The van der Waals surface area contributed by atoms with Gasteiger partial charge in [-0.15, -0.1) is 0 Å². The molecule has 0 spiro atoms. The Morgan fingerprint density at radius 1 is 1.52 bits per heavy atom. The molecular weight excluding hydrogens is 344 g/mol. The van der Waals surface area contributed by atoms with Crippen molar-refractivity contribution in [1.29, 1.82) is 0 Å². The van der Waals surface area contributed by atoms with Gasteiger partial charge in [-0.1, -0.05) is 0 Å². The van der Waals surface area contributed by atoms with E-state index in [1.54, 1.807) is 25.3 Å². The maximum Gasteiger partial charge on any atom is 0.191 e. The van der Waals surface area contributed by atoms with Crippen LogP contribution in [0.1, 0.15) is 32.4 Å². The maximum atomic E-state index is 10.6. The molecular formula is C19H30N6O2. The molecule has 8 nitrogen and oxygen atoms in total. The molecule has 0 amide bonds. The molecule has 0 radical (unpaired) electrons. The zero-order valence-electron chi connectivity index (χ0n) is 16.4. The standard InChI is InChI=1S/C19H30N6O2/c1-4-20-18(21-14-19(2,26)17-8-6-10-27-17)23-15-7-5-9-25(12-15)16-11-22-24(3)13-16/h6,8,10-11,13,15,26H,4-5,7,9,12,14H2,1-3H3,(H2,20,21,23). The van der Waals surface area contributed by atoms with Gasteiger partial charge in [0.2, 0.25) is 0 Å². The Labute approximate surface area is 160 Å². The summed E-state index contributed by atoms with van der Waals surface area (Å²) in [5, 5.41) is 21.7. The Morgan fingerprint density at radius 2 is 2.37 bits per heavy atom. The van der Waals surface area contributed by atoms with E-state index in [4.69, 9.17) is 4.42 Å². The summed E-state index contributed by atoms with van der Waals surface area (Å²) in [7, 11) is 1.93. The summed E-state index contributed by atoms with van der Waals surface area (Å²) in [6.07, 6.45) is 7.70. The van der Waals surface area contributed by atoms with Gasteiger partial charge in [0, 0.05) is 38.9 Å². The van der Waals surface area contributed by atoms with Gasteiger partial charge in [-0.3, -0.25) is 4.68 Å². The second-order valence-electron chi connectivity index (χ2n) is 7.25. The van der Waals surface area contributed by atoms with Crippen molar-refractivity contribution < 1.29 is 9.52 Å². The van der Waals surface area contributed by atoms with Crippen LogP contribution >= 0.6 is 0 Å². The zero-order valence-corrected chi connectivity index (χ0v) is 16.4. The third-order valence-corrected chi connectivity index (χ3v) is 4.76. The first-order valence-electron chi connectivity index (χ1n) is 9.53. The highest BCUT2D eigenvalue weighted by Crippen LogP contribution is 2.21. The lowest BCUT2D eigenvalue weighted by Crippen LogP contribution is -2.51. The minimum absolute atomic E-state index is 0.217. The van der Waals surface area contributed by atoms with E-state index < -0.39 is 5.60 Å². The van der Waals surface area contributed by atoms with E-state index in [1.165, 1.54) is 0 Å². The van der Waals surface area contributed by atoms with Gasteiger partial charge in [-0.2, -0.15) is 5.10 Å². The van der Waals surface area contributed by atoms with Crippen LogP contribution in [0.4, 0.5) is 5.69 Å². The monoisotopic (exact) mass is 374 g/mol. The van der Waals surface area contributed by atoms with Crippen molar-refractivity contribution in [2.24, 2.45) is 12.0 Å². The lowest BCUT2D eigenvalue weighted by molar-refractivity contribution is 0.0436. The molecule has 2 unspecified atom stereocenters. The molecule has 8 heteroatoms. The number of hydrogen-bond donors (Lipinski definition) is 3. The fourth-order valence-corrected chi connectivity index (χ4v) is 3.31. The number of nitrogens with zero attached hydrogens (tertiary/aromatic N) is 4. The molecule has 1 saturated heterocycles. The molecule has 2 aromatic heterocycles. The number of aromatic nitrogens is 2. The molecule has 27 heavy (non-hydrogen) atoms. The van der Waals surface area contributed by atoms with Crippen LogP contribution in [0.15, 0.2) is 40.2 Å². The summed E-state index contributed by atoms with van der Waals surface area (Å²) in [6, 6.07) is 3.82. The molecule has 0 bridgehead atoms. The molecule has 0 saturated carbocycles. The van der Waals surface area contributed by atoms with E-state index in [0.717, 1.165) is 38.2 Å². The van der Waals surface area contributed by atoms with Gasteiger partial charge in [0.1, 0.15) is 11.4 Å². The van der Waals surface area contributed by atoms with Crippen LogP contribution in [0.2, 0.25) is 0 Å². The predicted octanol–water partition coefficient (Wildman–Crippen LogP) is 1.44. The first-order chi connectivity index (χ1) is 13.0. The number of aliphatic imine (C=N–C) groups is 1. The van der Waals surface area contributed by atoms with E-state index in [2.05, 4.69) is 25.6 Å². The van der Waals surface area contributed by atoms with Gasteiger partial charge in [0.15, 0.2) is 5.96 Å². The molecule has 1 aliphatic heterocycles. The number of rotatable bonds is 6. The third kappa shape index (κ3) is 5.03. The zero-order chi connectivity index (χ0) is 19.3. The van der Waals surface area contributed by atoms with Crippen molar-refractivity contribution in [1.82, 2.24) is 20.4 Å². The second kappa shape index (κ2) is 8.47. The lowest BCUT2D eigenvalue weighted by Gasteiger charge is -2.34. The molecule has 3 N–H and O–H groups in total. The first kappa shape index (κ1) is 19.3. The summed E-state index contributed by atoms with van der Waals surface area (Å²) >= 11 is 0. The van der Waals surface area contributed by atoms with Gasteiger partial charge in [-0.05, 0) is 38.8 Å². The maximum absolute atomic E-state index is 10.6. The minimum atomic E-state index is -1.14. The van der Waals surface area contributed by atoms with Crippen LogP contribution in [0.3, 0.4) is 0 Å². The molecule has 1 fully saturated rings. The predicted molar refractivity (Wildman–Crippen MR) is 106 cm³/mol. The van der Waals surface area contributed by atoms with Crippen LogP contribution < -0.4 is 15.5 Å². The number of aryl methyl sites for hydroxylation is 1. The van der Waals surface area contributed by atoms with Crippen molar-refractivity contribution in [2.45, 2.75) is 38.3 Å². The van der Waals surface area contributed by atoms with E-state index >= 15 is 0 Å². The van der Waals surface area contributed by atoms with Gasteiger partial charge in [0.25, 0.3) is 0 Å². The number of aliphatic hydroxyl groups is 1. The normalized spacial score (nSPS) is 20.4. The number of piperidine rings is 1. The average molecular weight is 374 g/mol. The van der Waals surface area contributed by atoms with Crippen LogP contribution in [0, 0.1) is 0 Å². The molecule has 2 atom stereocenters. The van der Waals surface area contributed by atoms with Gasteiger partial charge in [-0.25, -0.2) is 4.99 Å². The van der Waals surface area contributed by atoms with Crippen molar-refractivity contribution in [3.63, 3.8) is 0 Å². The van der Waals surface area contributed by atoms with Gasteiger partial charge in [0.05, 0.1) is 24.7 Å². The van der Waals surface area contributed by atoms with Gasteiger partial charge < -0.3 is 25.1 Å². The highest BCUT2D eigenvalue weighted by Gasteiger charge is 2.27. The van der Waals surface area contributed by atoms with E-state index in [0.29, 0.717) is 11.7 Å². The van der Waals surface area contributed by atoms with Crippen molar-refractivity contribution >= 4 is 11.6 Å². The smallest absolute Gasteiger partial charge is 0.191 e. The first-order valence-corrected chi connectivity index (χ1v) is 9.53. The summed E-state index contributed by atoms with van der Waals surface area (Å²) in [6.45, 7) is 6.65. The molecule has 2 aromatic rings. The molecule has 148 valence electrons. The van der Waals surface area contributed by atoms with Crippen LogP contribution in [-0.2, 0) is 12.6 Å².